The average molecular weight is 273 g/mol. The Kier molecular flexibility index (Phi) is 3.92. The first kappa shape index (κ1) is 13.4. The molecule has 1 heterocycles. The number of hydrogen-bond acceptors (Lipinski definition) is 2. The lowest BCUT2D eigenvalue weighted by molar-refractivity contribution is 0.135. The van der Waals surface area contributed by atoms with Crippen molar-refractivity contribution >= 4 is 6.03 Å². The summed E-state index contributed by atoms with van der Waals surface area (Å²) in [7, 11) is 0. The summed E-state index contributed by atoms with van der Waals surface area (Å²) in [5, 5.41) is 3.06. The molecule has 2 aliphatic rings. The fourth-order valence-corrected chi connectivity index (χ4v) is 2.55. The fraction of sp³-hybridized carbons (Fsp3) is 0.562. The molecule has 3 rings (SSSR count). The first-order valence-electron chi connectivity index (χ1n) is 7.54. The van der Waals surface area contributed by atoms with Crippen molar-refractivity contribution < 1.29 is 4.79 Å². The summed E-state index contributed by atoms with van der Waals surface area (Å²) in [6, 6.07) is 9.29. The Bertz CT molecular complexity index is 459. The minimum Gasteiger partial charge on any atom is -0.335 e. The lowest BCUT2D eigenvalue weighted by Crippen LogP contribution is -2.51. The summed E-state index contributed by atoms with van der Waals surface area (Å²) in [6.45, 7) is 6.70. The van der Waals surface area contributed by atoms with Crippen molar-refractivity contribution in [1.29, 1.82) is 0 Å². The summed E-state index contributed by atoms with van der Waals surface area (Å²) >= 11 is 0. The Morgan fingerprint density at radius 1 is 1.15 bits per heavy atom. The number of nitrogens with one attached hydrogen (secondary N) is 1. The van der Waals surface area contributed by atoms with E-state index in [1.54, 1.807) is 0 Å². The molecule has 1 aliphatic heterocycles. The van der Waals surface area contributed by atoms with Crippen molar-refractivity contribution in [3.63, 3.8) is 0 Å². The van der Waals surface area contributed by atoms with Crippen LogP contribution in [0, 0.1) is 6.92 Å². The second-order valence-corrected chi connectivity index (χ2v) is 5.97. The van der Waals surface area contributed by atoms with Gasteiger partial charge < -0.3 is 10.2 Å². The van der Waals surface area contributed by atoms with E-state index in [2.05, 4.69) is 41.4 Å². The maximum Gasteiger partial charge on any atom is 0.317 e. The molecule has 1 N–H and O–H groups in total. The van der Waals surface area contributed by atoms with E-state index in [0.29, 0.717) is 6.04 Å². The predicted molar refractivity (Wildman–Crippen MR) is 79.6 cm³/mol. The molecule has 20 heavy (non-hydrogen) atoms. The molecule has 2 fully saturated rings. The molecular formula is C16H23N3O. The Morgan fingerprint density at radius 2 is 1.80 bits per heavy atom. The summed E-state index contributed by atoms with van der Waals surface area (Å²) in [6.07, 6.45) is 2.30. The normalized spacial score (nSPS) is 19.9. The molecular weight excluding hydrogens is 250 g/mol. The van der Waals surface area contributed by atoms with Gasteiger partial charge >= 0.3 is 6.03 Å². The quantitative estimate of drug-likeness (QED) is 0.914. The summed E-state index contributed by atoms with van der Waals surface area (Å²) < 4.78 is 0. The average Bonchev–Trinajstić information content (AvgIpc) is 3.26. The van der Waals surface area contributed by atoms with E-state index < -0.39 is 0 Å². The van der Waals surface area contributed by atoms with E-state index in [1.807, 2.05) is 4.90 Å². The van der Waals surface area contributed by atoms with Crippen LogP contribution in [0.4, 0.5) is 4.79 Å². The molecule has 4 heteroatoms. The number of carbonyl (C=O) groups excluding carboxylic acids is 1. The fourth-order valence-electron chi connectivity index (χ4n) is 2.55. The molecule has 1 aromatic rings. The van der Waals surface area contributed by atoms with E-state index in [4.69, 9.17) is 0 Å². The van der Waals surface area contributed by atoms with Crippen LogP contribution in [0.1, 0.15) is 24.0 Å². The minimum absolute atomic E-state index is 0.127. The van der Waals surface area contributed by atoms with Gasteiger partial charge in [0.05, 0.1) is 0 Å². The summed E-state index contributed by atoms with van der Waals surface area (Å²) in [5.41, 5.74) is 2.65. The van der Waals surface area contributed by atoms with Crippen molar-refractivity contribution in [3.8, 4) is 0 Å². The molecule has 2 amide bonds. The molecule has 0 aromatic heterocycles. The maximum atomic E-state index is 11.9. The molecule has 0 spiro atoms. The van der Waals surface area contributed by atoms with Gasteiger partial charge in [0.15, 0.2) is 0 Å². The van der Waals surface area contributed by atoms with Crippen LogP contribution in [0.5, 0.6) is 0 Å². The van der Waals surface area contributed by atoms with E-state index in [9.17, 15) is 4.79 Å². The smallest absolute Gasteiger partial charge is 0.317 e. The van der Waals surface area contributed by atoms with Crippen LogP contribution in [0.2, 0.25) is 0 Å². The van der Waals surface area contributed by atoms with Gasteiger partial charge in [0, 0.05) is 38.8 Å². The first-order valence-corrected chi connectivity index (χ1v) is 7.54. The molecule has 0 bridgehead atoms. The van der Waals surface area contributed by atoms with Gasteiger partial charge in [0.1, 0.15) is 0 Å². The lowest BCUT2D eigenvalue weighted by Gasteiger charge is -2.34. The van der Waals surface area contributed by atoms with Gasteiger partial charge in [0.25, 0.3) is 0 Å². The number of carbonyl (C=O) groups is 1. The van der Waals surface area contributed by atoms with Crippen molar-refractivity contribution in [2.75, 3.05) is 26.2 Å². The highest BCUT2D eigenvalue weighted by atomic mass is 16.2. The minimum atomic E-state index is 0.127. The van der Waals surface area contributed by atoms with Gasteiger partial charge in [-0.1, -0.05) is 29.8 Å². The third kappa shape index (κ3) is 3.51. The highest BCUT2D eigenvalue weighted by Crippen LogP contribution is 2.19. The van der Waals surface area contributed by atoms with Crippen molar-refractivity contribution in [1.82, 2.24) is 15.1 Å². The summed E-state index contributed by atoms with van der Waals surface area (Å²) in [4.78, 5) is 16.3. The lowest BCUT2D eigenvalue weighted by atomic mass is 10.1. The van der Waals surface area contributed by atoms with Crippen LogP contribution in [0.25, 0.3) is 0 Å². The Labute approximate surface area is 120 Å². The molecule has 1 aromatic carbocycles. The van der Waals surface area contributed by atoms with Gasteiger partial charge in [-0.3, -0.25) is 4.90 Å². The first-order chi connectivity index (χ1) is 9.70. The largest absolute Gasteiger partial charge is 0.335 e. The van der Waals surface area contributed by atoms with Crippen molar-refractivity contribution in [2.45, 2.75) is 32.4 Å². The number of aryl methyl sites for hydroxylation is 1. The van der Waals surface area contributed by atoms with Gasteiger partial charge in [-0.05, 0) is 25.3 Å². The monoisotopic (exact) mass is 273 g/mol. The molecule has 0 unspecified atom stereocenters. The highest BCUT2D eigenvalue weighted by molar-refractivity contribution is 5.75. The number of hydrogen-bond donors (Lipinski definition) is 1. The Morgan fingerprint density at radius 3 is 2.40 bits per heavy atom. The van der Waals surface area contributed by atoms with Crippen LogP contribution in [0.15, 0.2) is 24.3 Å². The van der Waals surface area contributed by atoms with Gasteiger partial charge in [-0.25, -0.2) is 4.79 Å². The third-order valence-electron chi connectivity index (χ3n) is 4.09. The number of benzene rings is 1. The molecule has 108 valence electrons. The summed E-state index contributed by atoms with van der Waals surface area (Å²) in [5.74, 6) is 0. The topological polar surface area (TPSA) is 35.6 Å². The number of piperazine rings is 1. The standard InChI is InChI=1S/C16H23N3O/c1-13-2-4-14(5-3-13)12-18-8-10-19(11-9-18)16(20)17-15-6-7-15/h2-5,15H,6-12H2,1H3,(H,17,20). The number of nitrogens with zero attached hydrogens (tertiary/aromatic N) is 2. The van der Waals surface area contributed by atoms with Crippen LogP contribution in [0.3, 0.4) is 0 Å². The zero-order valence-corrected chi connectivity index (χ0v) is 12.1. The number of amides is 2. The predicted octanol–water partition coefficient (Wildman–Crippen LogP) is 1.98. The molecule has 0 atom stereocenters. The maximum absolute atomic E-state index is 11.9. The van der Waals surface area contributed by atoms with Crippen molar-refractivity contribution in [2.24, 2.45) is 0 Å². The highest BCUT2D eigenvalue weighted by Gasteiger charge is 2.27. The van der Waals surface area contributed by atoms with Gasteiger partial charge in [-0.2, -0.15) is 0 Å². The molecule has 4 nitrogen and oxygen atoms in total. The van der Waals surface area contributed by atoms with Gasteiger partial charge in [0.2, 0.25) is 0 Å². The number of rotatable bonds is 3. The Hall–Kier alpha value is -1.55. The van der Waals surface area contributed by atoms with E-state index in [1.165, 1.54) is 11.1 Å². The van der Waals surface area contributed by atoms with Crippen LogP contribution in [-0.4, -0.2) is 48.1 Å². The second-order valence-electron chi connectivity index (χ2n) is 5.97. The van der Waals surface area contributed by atoms with E-state index in [-0.39, 0.29) is 6.03 Å². The van der Waals surface area contributed by atoms with Crippen LogP contribution < -0.4 is 5.32 Å². The van der Waals surface area contributed by atoms with Gasteiger partial charge in [-0.15, -0.1) is 0 Å². The van der Waals surface area contributed by atoms with Crippen LogP contribution in [-0.2, 0) is 6.54 Å². The Balaban J connectivity index is 1.45. The molecule has 1 aliphatic carbocycles. The zero-order chi connectivity index (χ0) is 13.9. The van der Waals surface area contributed by atoms with E-state index in [0.717, 1.165) is 45.6 Å². The third-order valence-corrected chi connectivity index (χ3v) is 4.09. The molecule has 0 radical (unpaired) electrons. The van der Waals surface area contributed by atoms with E-state index >= 15 is 0 Å². The second kappa shape index (κ2) is 5.83. The molecule has 1 saturated carbocycles. The molecule has 1 saturated heterocycles. The number of urea groups is 1. The zero-order valence-electron chi connectivity index (χ0n) is 12.1. The van der Waals surface area contributed by atoms with Crippen LogP contribution >= 0.6 is 0 Å². The van der Waals surface area contributed by atoms with Crippen molar-refractivity contribution in [3.05, 3.63) is 35.4 Å². The SMILES string of the molecule is Cc1ccc(CN2CCN(C(=O)NC3CC3)CC2)cc1.